The Morgan fingerprint density at radius 2 is 2.00 bits per heavy atom. The van der Waals surface area contributed by atoms with Crippen molar-refractivity contribution in [1.82, 2.24) is 4.98 Å². The van der Waals surface area contributed by atoms with E-state index in [0.29, 0.717) is 23.9 Å². The highest BCUT2D eigenvalue weighted by Crippen LogP contribution is 2.31. The Bertz CT molecular complexity index is 591. The van der Waals surface area contributed by atoms with Crippen molar-refractivity contribution in [3.63, 3.8) is 0 Å². The van der Waals surface area contributed by atoms with Crippen LogP contribution in [-0.4, -0.2) is 29.2 Å². The van der Waals surface area contributed by atoms with Gasteiger partial charge in [0.05, 0.1) is 18.5 Å². The third-order valence-corrected chi connectivity index (χ3v) is 3.00. The van der Waals surface area contributed by atoms with Gasteiger partial charge in [0.25, 0.3) is 0 Å². The Morgan fingerprint density at radius 1 is 1.30 bits per heavy atom. The number of nitrogens with one attached hydrogen (secondary N) is 2. The molecule has 2 amide bonds. The highest BCUT2D eigenvalue weighted by Gasteiger charge is 2.30. The summed E-state index contributed by atoms with van der Waals surface area (Å²) in [6.45, 7) is 7.61. The molecule has 23 heavy (non-hydrogen) atoms. The molecule has 1 saturated carbocycles. The van der Waals surface area contributed by atoms with Crippen LogP contribution in [0, 0.1) is 5.92 Å². The van der Waals surface area contributed by atoms with Crippen molar-refractivity contribution < 1.29 is 19.1 Å². The van der Waals surface area contributed by atoms with Crippen molar-refractivity contribution in [3.8, 4) is 5.75 Å². The number of carbonyl (C=O) groups is 2. The number of nitrogens with zero attached hydrogens (tertiary/aromatic N) is 1. The summed E-state index contributed by atoms with van der Waals surface area (Å²) in [6.07, 6.45) is 2.69. The lowest BCUT2D eigenvalue weighted by Gasteiger charge is -2.20. The van der Waals surface area contributed by atoms with Gasteiger partial charge in [0, 0.05) is 12.0 Å². The molecule has 0 spiro atoms. The number of carbonyl (C=O) groups excluding carboxylic acids is 2. The molecule has 0 unspecified atom stereocenters. The molecule has 1 heterocycles. The Balaban J connectivity index is 2.12. The summed E-state index contributed by atoms with van der Waals surface area (Å²) in [5.74, 6) is 0.815. The van der Waals surface area contributed by atoms with E-state index in [2.05, 4.69) is 15.6 Å². The van der Waals surface area contributed by atoms with Gasteiger partial charge in [0.2, 0.25) is 5.91 Å². The average molecular weight is 321 g/mol. The topological polar surface area (TPSA) is 89.5 Å². The van der Waals surface area contributed by atoms with Gasteiger partial charge in [-0.1, -0.05) is 0 Å². The number of hydrogen-bond donors (Lipinski definition) is 2. The normalized spacial score (nSPS) is 14.1. The highest BCUT2D eigenvalue weighted by molar-refractivity contribution is 5.94. The zero-order valence-electron chi connectivity index (χ0n) is 13.9. The predicted octanol–water partition coefficient (Wildman–Crippen LogP) is 3.18. The van der Waals surface area contributed by atoms with Crippen molar-refractivity contribution >= 4 is 23.5 Å². The molecule has 0 radical (unpaired) electrons. The van der Waals surface area contributed by atoms with Crippen molar-refractivity contribution in [2.24, 2.45) is 5.92 Å². The zero-order valence-corrected chi connectivity index (χ0v) is 13.9. The molecule has 1 aromatic rings. The first-order chi connectivity index (χ1) is 10.8. The summed E-state index contributed by atoms with van der Waals surface area (Å²) in [5, 5.41) is 5.37. The number of pyridine rings is 1. The number of ether oxygens (including phenoxy) is 2. The molecule has 2 N–H and O–H groups in total. The maximum atomic E-state index is 11.9. The largest absolute Gasteiger partial charge is 0.490 e. The minimum atomic E-state index is -0.605. The SMILES string of the molecule is CCOc1cnc(NC(=O)C2CC2)cc1NC(=O)OC(C)(C)C. The summed E-state index contributed by atoms with van der Waals surface area (Å²) in [7, 11) is 0. The van der Waals surface area contributed by atoms with Crippen LogP contribution in [0.2, 0.25) is 0 Å². The Kier molecular flexibility index (Phi) is 5.08. The lowest BCUT2D eigenvalue weighted by atomic mass is 10.2. The van der Waals surface area contributed by atoms with E-state index in [1.165, 1.54) is 6.20 Å². The summed E-state index contributed by atoms with van der Waals surface area (Å²) in [5.41, 5.74) is -0.200. The van der Waals surface area contributed by atoms with Crippen LogP contribution in [-0.2, 0) is 9.53 Å². The Labute approximate surface area is 135 Å². The van der Waals surface area contributed by atoms with Crippen molar-refractivity contribution in [2.45, 2.75) is 46.1 Å². The molecule has 7 nitrogen and oxygen atoms in total. The van der Waals surface area contributed by atoms with E-state index in [1.54, 1.807) is 26.8 Å². The molecule has 0 saturated heterocycles. The molecular formula is C16H23N3O4. The fraction of sp³-hybridized carbons (Fsp3) is 0.562. The van der Waals surface area contributed by atoms with Crippen LogP contribution in [0.5, 0.6) is 5.75 Å². The fourth-order valence-electron chi connectivity index (χ4n) is 1.87. The second-order valence-electron chi connectivity index (χ2n) is 6.39. The van der Waals surface area contributed by atoms with Crippen LogP contribution >= 0.6 is 0 Å². The number of anilines is 2. The van der Waals surface area contributed by atoms with E-state index in [9.17, 15) is 9.59 Å². The third kappa shape index (κ3) is 5.43. The number of hydrogen-bond acceptors (Lipinski definition) is 5. The molecule has 126 valence electrons. The minimum absolute atomic E-state index is 0.0510. The van der Waals surface area contributed by atoms with Crippen LogP contribution < -0.4 is 15.4 Å². The molecule has 0 atom stereocenters. The second-order valence-corrected chi connectivity index (χ2v) is 6.39. The molecule has 0 aliphatic heterocycles. The quantitative estimate of drug-likeness (QED) is 0.869. The minimum Gasteiger partial charge on any atom is -0.490 e. The molecule has 2 rings (SSSR count). The molecule has 1 aliphatic carbocycles. The highest BCUT2D eigenvalue weighted by atomic mass is 16.6. The lowest BCUT2D eigenvalue weighted by molar-refractivity contribution is -0.117. The zero-order chi connectivity index (χ0) is 17.0. The predicted molar refractivity (Wildman–Crippen MR) is 86.6 cm³/mol. The fourth-order valence-corrected chi connectivity index (χ4v) is 1.87. The lowest BCUT2D eigenvalue weighted by Crippen LogP contribution is -2.27. The Hall–Kier alpha value is -2.31. The first-order valence-electron chi connectivity index (χ1n) is 7.72. The molecule has 0 bridgehead atoms. The first-order valence-corrected chi connectivity index (χ1v) is 7.72. The molecule has 0 aromatic carbocycles. The Morgan fingerprint density at radius 3 is 2.57 bits per heavy atom. The van der Waals surface area contributed by atoms with Gasteiger partial charge < -0.3 is 14.8 Å². The average Bonchev–Trinajstić information content (AvgIpc) is 3.24. The van der Waals surface area contributed by atoms with Gasteiger partial charge in [-0.2, -0.15) is 0 Å². The van der Waals surface area contributed by atoms with Gasteiger partial charge in [-0.3, -0.25) is 10.1 Å². The monoisotopic (exact) mass is 321 g/mol. The summed E-state index contributed by atoms with van der Waals surface area (Å²) < 4.78 is 10.7. The van der Waals surface area contributed by atoms with Gasteiger partial charge >= 0.3 is 6.09 Å². The van der Waals surface area contributed by atoms with Crippen molar-refractivity contribution in [3.05, 3.63) is 12.3 Å². The summed E-state index contributed by atoms with van der Waals surface area (Å²) in [4.78, 5) is 27.9. The summed E-state index contributed by atoms with van der Waals surface area (Å²) in [6, 6.07) is 1.56. The van der Waals surface area contributed by atoms with E-state index in [0.717, 1.165) is 12.8 Å². The van der Waals surface area contributed by atoms with Gasteiger partial charge in [0.15, 0.2) is 5.75 Å². The van der Waals surface area contributed by atoms with Gasteiger partial charge in [-0.15, -0.1) is 0 Å². The van der Waals surface area contributed by atoms with Crippen LogP contribution in [0.3, 0.4) is 0 Å². The maximum absolute atomic E-state index is 11.9. The molecule has 7 heteroatoms. The van der Waals surface area contributed by atoms with Gasteiger partial charge in [-0.05, 0) is 40.5 Å². The van der Waals surface area contributed by atoms with E-state index >= 15 is 0 Å². The van der Waals surface area contributed by atoms with Crippen LogP contribution in [0.1, 0.15) is 40.5 Å². The van der Waals surface area contributed by atoms with Crippen molar-refractivity contribution in [1.29, 1.82) is 0 Å². The number of amides is 2. The molecule has 1 fully saturated rings. The second kappa shape index (κ2) is 6.85. The van der Waals surface area contributed by atoms with Crippen molar-refractivity contribution in [2.75, 3.05) is 17.2 Å². The van der Waals surface area contributed by atoms with Crippen LogP contribution in [0.25, 0.3) is 0 Å². The molecule has 1 aromatic heterocycles. The smallest absolute Gasteiger partial charge is 0.412 e. The summed E-state index contributed by atoms with van der Waals surface area (Å²) >= 11 is 0. The van der Waals surface area contributed by atoms with E-state index in [4.69, 9.17) is 9.47 Å². The first kappa shape index (κ1) is 17.1. The van der Waals surface area contributed by atoms with E-state index < -0.39 is 11.7 Å². The number of rotatable bonds is 5. The standard InChI is InChI=1S/C16H23N3O4/c1-5-22-12-9-17-13(19-14(20)10-6-7-10)8-11(12)18-15(21)23-16(2,3)4/h8-10H,5-7H2,1-4H3,(H2,17,18,19,20,21). The van der Waals surface area contributed by atoms with E-state index in [1.807, 2.05) is 6.92 Å². The van der Waals surface area contributed by atoms with Gasteiger partial charge in [0.1, 0.15) is 11.4 Å². The van der Waals surface area contributed by atoms with Crippen LogP contribution in [0.15, 0.2) is 12.3 Å². The van der Waals surface area contributed by atoms with Crippen LogP contribution in [0.4, 0.5) is 16.3 Å². The van der Waals surface area contributed by atoms with Gasteiger partial charge in [-0.25, -0.2) is 9.78 Å². The molecular weight excluding hydrogens is 298 g/mol. The maximum Gasteiger partial charge on any atom is 0.412 e. The molecule has 1 aliphatic rings. The number of aromatic nitrogens is 1. The third-order valence-electron chi connectivity index (χ3n) is 3.00. The van der Waals surface area contributed by atoms with E-state index in [-0.39, 0.29) is 11.8 Å².